The lowest BCUT2D eigenvalue weighted by molar-refractivity contribution is 0.0657. The third-order valence-electron chi connectivity index (χ3n) is 2.36. The predicted molar refractivity (Wildman–Crippen MR) is 73.9 cm³/mol. The van der Waals surface area contributed by atoms with Gasteiger partial charge in [0.15, 0.2) is 0 Å². The number of halogens is 1. The molecule has 4 nitrogen and oxygen atoms in total. The van der Waals surface area contributed by atoms with Crippen LogP contribution in [0.5, 0.6) is 5.75 Å². The molecular weight excluding hydrogens is 347 g/mol. The van der Waals surface area contributed by atoms with Crippen LogP contribution in [-0.4, -0.2) is 11.1 Å². The van der Waals surface area contributed by atoms with Crippen LogP contribution in [0.3, 0.4) is 0 Å². The van der Waals surface area contributed by atoms with Crippen molar-refractivity contribution in [2.75, 3.05) is 0 Å². The molecule has 0 atom stereocenters. The smallest absolute Gasteiger partial charge is 0.372 e. The van der Waals surface area contributed by atoms with Crippen molar-refractivity contribution in [2.24, 2.45) is 0 Å². The number of carboxylic acid groups (broad SMARTS) is 1. The first-order valence-corrected chi connectivity index (χ1v) is 6.35. The summed E-state index contributed by atoms with van der Waals surface area (Å²) in [5, 5.41) is 8.86. The lowest BCUT2D eigenvalue weighted by atomic mass is 10.3. The maximum Gasteiger partial charge on any atom is 0.372 e. The van der Waals surface area contributed by atoms with Gasteiger partial charge in [-0.25, -0.2) is 4.79 Å². The molecule has 2 rings (SSSR count). The van der Waals surface area contributed by atoms with Gasteiger partial charge in [-0.05, 0) is 59.8 Å². The molecule has 0 unspecified atom stereocenters. The molecule has 0 saturated carbocycles. The molecule has 1 aromatic carbocycles. The molecular formula is C13H11IO4. The number of carboxylic acids is 1. The Balaban J connectivity index is 2.04. The minimum Gasteiger partial charge on any atom is -0.486 e. The molecule has 1 aromatic heterocycles. The number of aromatic carboxylic acids is 1. The summed E-state index contributed by atoms with van der Waals surface area (Å²) in [5.74, 6) is 0.133. The number of furan rings is 1. The summed E-state index contributed by atoms with van der Waals surface area (Å²) in [6.45, 7) is 1.91. The fraction of sp³-hybridized carbons (Fsp3) is 0.154. The Morgan fingerprint density at radius 2 is 2.06 bits per heavy atom. The summed E-state index contributed by atoms with van der Waals surface area (Å²) in [6, 6.07) is 9.26. The van der Waals surface area contributed by atoms with Crippen LogP contribution in [0.25, 0.3) is 0 Å². The summed E-state index contributed by atoms with van der Waals surface area (Å²) < 4.78 is 11.8. The second kappa shape index (κ2) is 5.43. The molecule has 0 amide bonds. The van der Waals surface area contributed by atoms with Gasteiger partial charge in [-0.1, -0.05) is 0 Å². The molecule has 0 spiro atoms. The Kier molecular flexibility index (Phi) is 3.90. The van der Waals surface area contributed by atoms with Gasteiger partial charge in [0.1, 0.15) is 18.1 Å². The van der Waals surface area contributed by atoms with Crippen molar-refractivity contribution >= 4 is 28.6 Å². The summed E-state index contributed by atoms with van der Waals surface area (Å²) in [4.78, 5) is 10.8. The molecule has 0 aliphatic rings. The highest BCUT2D eigenvalue weighted by Crippen LogP contribution is 2.18. The topological polar surface area (TPSA) is 59.7 Å². The quantitative estimate of drug-likeness (QED) is 0.851. The number of hydrogen-bond donors (Lipinski definition) is 1. The Labute approximate surface area is 118 Å². The molecule has 1 N–H and O–H groups in total. The van der Waals surface area contributed by atoms with Crippen molar-refractivity contribution in [3.63, 3.8) is 0 Å². The molecule has 0 radical (unpaired) electrons. The summed E-state index contributed by atoms with van der Waals surface area (Å²) in [7, 11) is 0. The fourth-order valence-corrected chi connectivity index (χ4v) is 1.88. The van der Waals surface area contributed by atoms with Crippen molar-refractivity contribution in [1.82, 2.24) is 0 Å². The number of rotatable bonds is 4. The molecule has 1 heterocycles. The van der Waals surface area contributed by atoms with E-state index in [-0.39, 0.29) is 12.4 Å². The van der Waals surface area contributed by atoms with Gasteiger partial charge in [-0.15, -0.1) is 0 Å². The Bertz CT molecular complexity index is 557. The minimum atomic E-state index is -1.06. The average Bonchev–Trinajstić information content (AvgIpc) is 2.70. The number of carbonyl (C=O) groups is 1. The van der Waals surface area contributed by atoms with Crippen molar-refractivity contribution in [2.45, 2.75) is 13.5 Å². The first-order chi connectivity index (χ1) is 8.56. The number of hydrogen-bond acceptors (Lipinski definition) is 3. The lowest BCUT2D eigenvalue weighted by Crippen LogP contribution is -1.96. The van der Waals surface area contributed by atoms with Crippen LogP contribution >= 0.6 is 22.6 Å². The van der Waals surface area contributed by atoms with Crippen LogP contribution in [0.15, 0.2) is 34.7 Å². The van der Waals surface area contributed by atoms with Crippen molar-refractivity contribution in [3.8, 4) is 5.75 Å². The molecule has 0 aliphatic heterocycles. The van der Waals surface area contributed by atoms with E-state index in [0.717, 1.165) is 9.32 Å². The van der Waals surface area contributed by atoms with Gasteiger partial charge in [0, 0.05) is 9.13 Å². The first kappa shape index (κ1) is 12.9. The van der Waals surface area contributed by atoms with E-state index in [1.165, 1.54) is 0 Å². The summed E-state index contributed by atoms with van der Waals surface area (Å²) in [5.41, 5.74) is 0.601. The summed E-state index contributed by atoms with van der Waals surface area (Å²) >= 11 is 2.21. The van der Waals surface area contributed by atoms with Gasteiger partial charge >= 0.3 is 5.97 Å². The second-order valence-corrected chi connectivity index (χ2v) is 5.02. The van der Waals surface area contributed by atoms with Gasteiger partial charge in [-0.3, -0.25) is 0 Å². The highest BCUT2D eigenvalue weighted by atomic mass is 127. The van der Waals surface area contributed by atoms with E-state index in [0.29, 0.717) is 11.3 Å². The van der Waals surface area contributed by atoms with Gasteiger partial charge < -0.3 is 14.3 Å². The molecule has 94 valence electrons. The largest absolute Gasteiger partial charge is 0.486 e. The fourth-order valence-electron chi connectivity index (χ4n) is 1.52. The SMILES string of the molecule is Cc1cc(COc2ccc(I)cc2)oc1C(=O)O. The van der Waals surface area contributed by atoms with Crippen molar-refractivity contribution in [1.29, 1.82) is 0 Å². The van der Waals surface area contributed by atoms with E-state index in [9.17, 15) is 4.79 Å². The third-order valence-corrected chi connectivity index (χ3v) is 3.08. The van der Waals surface area contributed by atoms with Crippen molar-refractivity contribution < 1.29 is 19.1 Å². The van der Waals surface area contributed by atoms with Crippen LogP contribution in [-0.2, 0) is 6.61 Å². The van der Waals surface area contributed by atoms with E-state index in [1.807, 2.05) is 24.3 Å². The van der Waals surface area contributed by atoms with Gasteiger partial charge in [0.2, 0.25) is 5.76 Å². The Morgan fingerprint density at radius 3 is 2.61 bits per heavy atom. The molecule has 0 aliphatic carbocycles. The zero-order chi connectivity index (χ0) is 13.1. The molecule has 0 bridgehead atoms. The maximum atomic E-state index is 10.8. The van der Waals surface area contributed by atoms with E-state index < -0.39 is 5.97 Å². The van der Waals surface area contributed by atoms with Gasteiger partial charge in [-0.2, -0.15) is 0 Å². The van der Waals surface area contributed by atoms with Crippen LogP contribution in [0.1, 0.15) is 21.9 Å². The Morgan fingerprint density at radius 1 is 1.39 bits per heavy atom. The number of benzene rings is 1. The highest BCUT2D eigenvalue weighted by molar-refractivity contribution is 14.1. The van der Waals surface area contributed by atoms with Crippen molar-refractivity contribution in [3.05, 3.63) is 51.0 Å². The molecule has 5 heteroatoms. The molecule has 0 fully saturated rings. The average molecular weight is 358 g/mol. The Hall–Kier alpha value is -1.50. The van der Waals surface area contributed by atoms with Crippen LogP contribution < -0.4 is 4.74 Å². The van der Waals surface area contributed by atoms with Crippen LogP contribution in [0, 0.1) is 10.5 Å². The van der Waals surface area contributed by atoms with Crippen LogP contribution in [0.2, 0.25) is 0 Å². The molecule has 0 saturated heterocycles. The third kappa shape index (κ3) is 3.04. The summed E-state index contributed by atoms with van der Waals surface area (Å²) in [6.07, 6.45) is 0. The van der Waals surface area contributed by atoms with E-state index >= 15 is 0 Å². The minimum absolute atomic E-state index is 0.0313. The molecule has 18 heavy (non-hydrogen) atoms. The zero-order valence-corrected chi connectivity index (χ0v) is 11.8. The standard InChI is InChI=1S/C13H11IO4/c1-8-6-11(18-12(8)13(15)16)7-17-10-4-2-9(14)3-5-10/h2-6H,7H2,1H3,(H,15,16). The highest BCUT2D eigenvalue weighted by Gasteiger charge is 2.14. The van der Waals surface area contributed by atoms with Gasteiger partial charge in [0.05, 0.1) is 0 Å². The van der Waals surface area contributed by atoms with Gasteiger partial charge in [0.25, 0.3) is 0 Å². The molecule has 2 aromatic rings. The number of ether oxygens (including phenoxy) is 1. The number of aryl methyl sites for hydroxylation is 1. The maximum absolute atomic E-state index is 10.8. The zero-order valence-electron chi connectivity index (χ0n) is 9.64. The van der Waals surface area contributed by atoms with Crippen LogP contribution in [0.4, 0.5) is 0 Å². The van der Waals surface area contributed by atoms with E-state index in [4.69, 9.17) is 14.3 Å². The normalized spacial score (nSPS) is 10.3. The predicted octanol–water partition coefficient (Wildman–Crippen LogP) is 3.47. The first-order valence-electron chi connectivity index (χ1n) is 5.27. The second-order valence-electron chi connectivity index (χ2n) is 3.77. The van der Waals surface area contributed by atoms with E-state index in [2.05, 4.69) is 22.6 Å². The van der Waals surface area contributed by atoms with E-state index in [1.54, 1.807) is 13.0 Å². The monoisotopic (exact) mass is 358 g/mol. The lowest BCUT2D eigenvalue weighted by Gasteiger charge is -2.03.